The number of benzene rings is 2. The number of hydrogen-bond donors (Lipinski definition) is 2. The summed E-state index contributed by atoms with van der Waals surface area (Å²) >= 11 is 0. The second kappa shape index (κ2) is 8.76. The highest BCUT2D eigenvalue weighted by molar-refractivity contribution is 5.92. The summed E-state index contributed by atoms with van der Waals surface area (Å²) in [6, 6.07) is 21.7. The third kappa shape index (κ3) is 5.14. The number of carbonyl (C=O) groups is 1. The number of rotatable bonds is 7. The van der Waals surface area contributed by atoms with Gasteiger partial charge in [-0.15, -0.1) is 10.2 Å². The summed E-state index contributed by atoms with van der Waals surface area (Å²) in [6.45, 7) is 2.65. The van der Waals surface area contributed by atoms with Crippen LogP contribution >= 0.6 is 0 Å². The molecule has 0 bridgehead atoms. The number of aryl methyl sites for hydroxylation is 2. The standard InChI is InChI=1S/C21H22N4O/c1-16-9-11-18(12-10-16)23-20-14-13-19(24-25-20)21(26)22-15-5-8-17-6-3-2-4-7-17/h2-4,6-7,9-14H,5,8,15H2,1H3,(H,22,26)(H,23,25). The van der Waals surface area contributed by atoms with E-state index in [0.717, 1.165) is 18.5 Å². The van der Waals surface area contributed by atoms with Crippen LogP contribution < -0.4 is 10.6 Å². The number of nitrogens with zero attached hydrogens (tertiary/aromatic N) is 2. The Kier molecular flexibility index (Phi) is 5.93. The van der Waals surface area contributed by atoms with Gasteiger partial charge in [0.25, 0.3) is 5.91 Å². The molecule has 0 atom stereocenters. The van der Waals surface area contributed by atoms with E-state index < -0.39 is 0 Å². The fourth-order valence-electron chi connectivity index (χ4n) is 2.53. The second-order valence-electron chi connectivity index (χ2n) is 6.14. The van der Waals surface area contributed by atoms with E-state index in [4.69, 9.17) is 0 Å². The van der Waals surface area contributed by atoms with Crippen molar-refractivity contribution in [2.75, 3.05) is 11.9 Å². The summed E-state index contributed by atoms with van der Waals surface area (Å²) in [5, 5.41) is 14.1. The summed E-state index contributed by atoms with van der Waals surface area (Å²) in [5.74, 6) is 0.405. The molecule has 5 heteroatoms. The molecule has 0 aliphatic carbocycles. The van der Waals surface area contributed by atoms with Gasteiger partial charge in [-0.2, -0.15) is 0 Å². The van der Waals surface area contributed by atoms with Gasteiger partial charge in [-0.1, -0.05) is 48.0 Å². The number of aromatic nitrogens is 2. The van der Waals surface area contributed by atoms with Gasteiger partial charge < -0.3 is 10.6 Å². The lowest BCUT2D eigenvalue weighted by Crippen LogP contribution is -2.26. The Bertz CT molecular complexity index is 830. The van der Waals surface area contributed by atoms with E-state index in [1.807, 2.05) is 49.4 Å². The van der Waals surface area contributed by atoms with Crippen LogP contribution in [0.5, 0.6) is 0 Å². The minimum atomic E-state index is -0.201. The minimum absolute atomic E-state index is 0.201. The molecule has 132 valence electrons. The molecule has 0 aliphatic heterocycles. The lowest BCUT2D eigenvalue weighted by Gasteiger charge is -2.07. The van der Waals surface area contributed by atoms with Crippen molar-refractivity contribution in [3.8, 4) is 0 Å². The monoisotopic (exact) mass is 346 g/mol. The van der Waals surface area contributed by atoms with Crippen LogP contribution in [0, 0.1) is 6.92 Å². The lowest BCUT2D eigenvalue weighted by molar-refractivity contribution is 0.0947. The third-order valence-electron chi connectivity index (χ3n) is 3.99. The Labute approximate surface area is 153 Å². The molecule has 3 aromatic rings. The van der Waals surface area contributed by atoms with E-state index in [1.165, 1.54) is 11.1 Å². The van der Waals surface area contributed by atoms with E-state index in [-0.39, 0.29) is 5.91 Å². The Balaban J connectivity index is 1.46. The fourth-order valence-corrected chi connectivity index (χ4v) is 2.53. The Hall–Kier alpha value is -3.21. The van der Waals surface area contributed by atoms with Gasteiger partial charge in [0.05, 0.1) is 0 Å². The van der Waals surface area contributed by atoms with Crippen LogP contribution in [-0.4, -0.2) is 22.6 Å². The quantitative estimate of drug-likeness (QED) is 0.637. The average molecular weight is 346 g/mol. The molecule has 0 spiro atoms. The molecule has 0 saturated heterocycles. The number of nitrogens with one attached hydrogen (secondary N) is 2. The molecule has 0 fully saturated rings. The van der Waals surface area contributed by atoms with Crippen molar-refractivity contribution < 1.29 is 4.79 Å². The van der Waals surface area contributed by atoms with E-state index in [0.29, 0.717) is 18.1 Å². The van der Waals surface area contributed by atoms with Crippen LogP contribution in [0.1, 0.15) is 28.0 Å². The van der Waals surface area contributed by atoms with Crippen molar-refractivity contribution in [2.45, 2.75) is 19.8 Å². The lowest BCUT2D eigenvalue weighted by atomic mass is 10.1. The first-order valence-electron chi connectivity index (χ1n) is 8.70. The largest absolute Gasteiger partial charge is 0.351 e. The number of carbonyl (C=O) groups excluding carboxylic acids is 1. The summed E-state index contributed by atoms with van der Waals surface area (Å²) in [4.78, 5) is 12.1. The van der Waals surface area contributed by atoms with Crippen molar-refractivity contribution in [1.82, 2.24) is 15.5 Å². The van der Waals surface area contributed by atoms with Gasteiger partial charge >= 0.3 is 0 Å². The maximum absolute atomic E-state index is 12.1. The van der Waals surface area contributed by atoms with E-state index in [1.54, 1.807) is 12.1 Å². The van der Waals surface area contributed by atoms with Gasteiger partial charge in [0.1, 0.15) is 0 Å². The zero-order valence-electron chi connectivity index (χ0n) is 14.8. The SMILES string of the molecule is Cc1ccc(Nc2ccc(C(=O)NCCCc3ccccc3)nn2)cc1. The first-order valence-corrected chi connectivity index (χ1v) is 8.70. The molecule has 3 rings (SSSR count). The normalized spacial score (nSPS) is 10.3. The maximum Gasteiger partial charge on any atom is 0.271 e. The Morgan fingerprint density at radius 1 is 0.923 bits per heavy atom. The summed E-state index contributed by atoms with van der Waals surface area (Å²) in [5.41, 5.74) is 3.72. The highest BCUT2D eigenvalue weighted by atomic mass is 16.1. The Morgan fingerprint density at radius 3 is 2.38 bits per heavy atom. The molecule has 0 unspecified atom stereocenters. The molecule has 0 saturated carbocycles. The predicted molar refractivity (Wildman–Crippen MR) is 104 cm³/mol. The summed E-state index contributed by atoms with van der Waals surface area (Å²) in [6.07, 6.45) is 1.82. The number of anilines is 2. The fraction of sp³-hybridized carbons (Fsp3) is 0.190. The number of hydrogen-bond acceptors (Lipinski definition) is 4. The minimum Gasteiger partial charge on any atom is -0.351 e. The molecule has 2 aromatic carbocycles. The van der Waals surface area contributed by atoms with E-state index >= 15 is 0 Å². The number of amides is 1. The van der Waals surface area contributed by atoms with Gasteiger partial charge in [0, 0.05) is 12.2 Å². The third-order valence-corrected chi connectivity index (χ3v) is 3.99. The van der Waals surface area contributed by atoms with Crippen molar-refractivity contribution in [3.05, 3.63) is 83.6 Å². The molecule has 1 aromatic heterocycles. The van der Waals surface area contributed by atoms with Crippen LogP contribution in [0.25, 0.3) is 0 Å². The summed E-state index contributed by atoms with van der Waals surface area (Å²) in [7, 11) is 0. The van der Waals surface area contributed by atoms with Gasteiger partial charge in [-0.05, 0) is 49.6 Å². The van der Waals surface area contributed by atoms with Gasteiger partial charge in [0.2, 0.25) is 0 Å². The smallest absolute Gasteiger partial charge is 0.271 e. The summed E-state index contributed by atoms with van der Waals surface area (Å²) < 4.78 is 0. The van der Waals surface area contributed by atoms with Crippen LogP contribution in [-0.2, 0) is 6.42 Å². The topological polar surface area (TPSA) is 66.9 Å². The van der Waals surface area contributed by atoms with Gasteiger partial charge in [-0.3, -0.25) is 4.79 Å². The van der Waals surface area contributed by atoms with Crippen molar-refractivity contribution >= 4 is 17.4 Å². The van der Waals surface area contributed by atoms with Crippen molar-refractivity contribution in [1.29, 1.82) is 0 Å². The molecule has 1 heterocycles. The van der Waals surface area contributed by atoms with Crippen molar-refractivity contribution in [3.63, 3.8) is 0 Å². The van der Waals surface area contributed by atoms with Gasteiger partial charge in [0.15, 0.2) is 11.5 Å². The molecule has 26 heavy (non-hydrogen) atoms. The van der Waals surface area contributed by atoms with E-state index in [2.05, 4.69) is 33.0 Å². The predicted octanol–water partition coefficient (Wildman–Crippen LogP) is 3.89. The zero-order chi connectivity index (χ0) is 18.2. The molecular weight excluding hydrogens is 324 g/mol. The Morgan fingerprint density at radius 2 is 1.69 bits per heavy atom. The molecule has 0 radical (unpaired) electrons. The van der Waals surface area contributed by atoms with Gasteiger partial charge in [-0.25, -0.2) is 0 Å². The van der Waals surface area contributed by atoms with Crippen molar-refractivity contribution in [2.24, 2.45) is 0 Å². The zero-order valence-corrected chi connectivity index (χ0v) is 14.8. The van der Waals surface area contributed by atoms with Crippen LogP contribution in [0.2, 0.25) is 0 Å². The van der Waals surface area contributed by atoms with Crippen LogP contribution in [0.4, 0.5) is 11.5 Å². The van der Waals surface area contributed by atoms with Crippen LogP contribution in [0.15, 0.2) is 66.7 Å². The average Bonchev–Trinajstić information content (AvgIpc) is 2.68. The molecule has 5 nitrogen and oxygen atoms in total. The highest BCUT2D eigenvalue weighted by Crippen LogP contribution is 2.14. The first kappa shape index (κ1) is 17.6. The maximum atomic E-state index is 12.1. The van der Waals surface area contributed by atoms with Crippen LogP contribution in [0.3, 0.4) is 0 Å². The molecule has 1 amide bonds. The highest BCUT2D eigenvalue weighted by Gasteiger charge is 2.07. The second-order valence-corrected chi connectivity index (χ2v) is 6.14. The molecule has 0 aliphatic rings. The molecular formula is C21H22N4O. The van der Waals surface area contributed by atoms with E-state index in [9.17, 15) is 4.79 Å². The first-order chi connectivity index (χ1) is 12.7. The molecule has 2 N–H and O–H groups in total.